The molecule has 0 spiro atoms. The molecule has 2 aromatic carbocycles. The maximum Gasteiger partial charge on any atom is 0.262 e. The van der Waals surface area contributed by atoms with Gasteiger partial charge in [0.05, 0.1) is 29.2 Å². The molecule has 0 atom stereocenters. The molecule has 0 unspecified atom stereocenters. The number of rotatable bonds is 3. The average Bonchev–Trinajstić information content (AvgIpc) is 3.45. The van der Waals surface area contributed by atoms with Crippen LogP contribution in [0.1, 0.15) is 5.82 Å². The molecule has 4 aromatic heterocycles. The van der Waals surface area contributed by atoms with E-state index in [9.17, 15) is 9.59 Å². The third kappa shape index (κ3) is 2.71. The lowest BCUT2D eigenvalue weighted by Crippen LogP contribution is -2.23. The van der Waals surface area contributed by atoms with E-state index in [4.69, 9.17) is 0 Å². The number of hydrogen-bond donors (Lipinski definition) is 0. The monoisotopic (exact) mass is 440 g/mol. The third-order valence-electron chi connectivity index (χ3n) is 5.58. The number of nitrogens with zero attached hydrogens (tertiary/aromatic N) is 6. The van der Waals surface area contributed by atoms with Crippen LogP contribution in [0.25, 0.3) is 37.3 Å². The first kappa shape index (κ1) is 18.6. The van der Waals surface area contributed by atoms with E-state index in [0.29, 0.717) is 32.7 Å². The van der Waals surface area contributed by atoms with Crippen molar-refractivity contribution in [2.45, 2.75) is 6.54 Å². The molecule has 0 aliphatic carbocycles. The highest BCUT2D eigenvalue weighted by Crippen LogP contribution is 2.30. The number of thiophene rings is 1. The number of aromatic nitrogens is 6. The van der Waals surface area contributed by atoms with Crippen molar-refractivity contribution in [3.63, 3.8) is 0 Å². The Hall–Kier alpha value is -4.11. The van der Waals surface area contributed by atoms with Crippen molar-refractivity contribution in [3.8, 4) is 10.4 Å². The normalized spacial score (nSPS) is 11.7. The molecule has 4 heterocycles. The smallest absolute Gasteiger partial charge is 0.262 e. The van der Waals surface area contributed by atoms with E-state index in [0.717, 1.165) is 10.4 Å². The molecule has 0 bridgehead atoms. The zero-order valence-corrected chi connectivity index (χ0v) is 17.8. The second-order valence-corrected chi connectivity index (χ2v) is 8.54. The summed E-state index contributed by atoms with van der Waals surface area (Å²) in [5.74, 6) is 0.973. The Bertz CT molecular complexity index is 1760. The summed E-state index contributed by atoms with van der Waals surface area (Å²) in [5, 5.41) is 9.62. The summed E-state index contributed by atoms with van der Waals surface area (Å²) in [4.78, 5) is 32.1. The molecule has 0 saturated heterocycles. The summed E-state index contributed by atoms with van der Waals surface area (Å²) in [6.45, 7) is 0.182. The molecule has 32 heavy (non-hydrogen) atoms. The van der Waals surface area contributed by atoms with Crippen molar-refractivity contribution in [2.24, 2.45) is 7.05 Å². The lowest BCUT2D eigenvalue weighted by atomic mass is 10.2. The standard InChI is InChI=1S/C23H16N6O2S/c1-27-21(30)15-9-5-6-10-17(15)29-19(25-26-23(27)29)12-28-13-24-20-16(22(28)31)11-18(32-20)14-7-3-2-4-8-14/h2-11,13H,12H2,1H3. The zero-order valence-electron chi connectivity index (χ0n) is 17.0. The van der Waals surface area contributed by atoms with Crippen LogP contribution in [0.15, 0.2) is 76.6 Å². The van der Waals surface area contributed by atoms with Crippen LogP contribution in [-0.2, 0) is 13.6 Å². The quantitative estimate of drug-likeness (QED) is 0.422. The van der Waals surface area contributed by atoms with Gasteiger partial charge in [0.25, 0.3) is 11.1 Å². The fraction of sp³-hybridized carbons (Fsp3) is 0.0870. The van der Waals surface area contributed by atoms with Crippen LogP contribution in [0, 0.1) is 0 Å². The largest absolute Gasteiger partial charge is 0.291 e. The lowest BCUT2D eigenvalue weighted by Gasteiger charge is -2.08. The minimum atomic E-state index is -0.140. The van der Waals surface area contributed by atoms with Gasteiger partial charge in [0.15, 0.2) is 5.82 Å². The van der Waals surface area contributed by atoms with Gasteiger partial charge in [0.2, 0.25) is 5.78 Å². The van der Waals surface area contributed by atoms with E-state index < -0.39 is 0 Å². The highest BCUT2D eigenvalue weighted by Gasteiger charge is 2.16. The molecule has 6 aromatic rings. The van der Waals surface area contributed by atoms with E-state index in [1.165, 1.54) is 20.5 Å². The van der Waals surface area contributed by atoms with Gasteiger partial charge in [-0.25, -0.2) is 4.98 Å². The van der Waals surface area contributed by atoms with Crippen molar-refractivity contribution in [2.75, 3.05) is 0 Å². The van der Waals surface area contributed by atoms with Crippen molar-refractivity contribution in [3.05, 3.63) is 93.5 Å². The van der Waals surface area contributed by atoms with E-state index in [-0.39, 0.29) is 17.7 Å². The molecule has 9 heteroatoms. The van der Waals surface area contributed by atoms with E-state index in [2.05, 4.69) is 15.2 Å². The molecule has 0 aliphatic rings. The van der Waals surface area contributed by atoms with Crippen LogP contribution in [-0.4, -0.2) is 28.7 Å². The highest BCUT2D eigenvalue weighted by atomic mass is 32.1. The number of para-hydroxylation sites is 1. The fourth-order valence-corrected chi connectivity index (χ4v) is 4.96. The Morgan fingerprint density at radius 3 is 2.53 bits per heavy atom. The van der Waals surface area contributed by atoms with Gasteiger partial charge in [-0.1, -0.05) is 42.5 Å². The average molecular weight is 440 g/mol. The summed E-state index contributed by atoms with van der Waals surface area (Å²) in [6, 6.07) is 19.1. The van der Waals surface area contributed by atoms with Crippen molar-refractivity contribution >= 4 is 38.2 Å². The molecule has 8 nitrogen and oxygen atoms in total. The summed E-state index contributed by atoms with van der Waals surface area (Å²) in [5.41, 5.74) is 1.48. The second-order valence-electron chi connectivity index (χ2n) is 7.51. The van der Waals surface area contributed by atoms with Crippen molar-refractivity contribution in [1.29, 1.82) is 0 Å². The Kier molecular flexibility index (Phi) is 4.05. The number of fused-ring (bicyclic) bond motifs is 4. The summed E-state index contributed by atoms with van der Waals surface area (Å²) in [6.07, 6.45) is 1.54. The van der Waals surface area contributed by atoms with Crippen LogP contribution in [0.3, 0.4) is 0 Å². The van der Waals surface area contributed by atoms with Gasteiger partial charge in [-0.05, 0) is 23.8 Å². The fourth-order valence-electron chi connectivity index (χ4n) is 3.96. The molecule has 6 rings (SSSR count). The van der Waals surface area contributed by atoms with Crippen LogP contribution in [0.5, 0.6) is 0 Å². The third-order valence-corrected chi connectivity index (χ3v) is 6.67. The lowest BCUT2D eigenvalue weighted by molar-refractivity contribution is 0.701. The van der Waals surface area contributed by atoms with Gasteiger partial charge >= 0.3 is 0 Å². The zero-order chi connectivity index (χ0) is 21.8. The summed E-state index contributed by atoms with van der Waals surface area (Å²) < 4.78 is 4.81. The first-order valence-corrected chi connectivity index (χ1v) is 10.8. The summed E-state index contributed by atoms with van der Waals surface area (Å²) in [7, 11) is 1.67. The van der Waals surface area contributed by atoms with Crippen molar-refractivity contribution in [1.82, 2.24) is 28.7 Å². The predicted octanol–water partition coefficient (Wildman–Crippen LogP) is 3.07. The Balaban J connectivity index is 1.51. The Morgan fingerprint density at radius 2 is 1.69 bits per heavy atom. The van der Waals surface area contributed by atoms with Gasteiger partial charge in [0, 0.05) is 11.9 Å². The van der Waals surface area contributed by atoms with E-state index >= 15 is 0 Å². The highest BCUT2D eigenvalue weighted by molar-refractivity contribution is 7.21. The minimum absolute atomic E-state index is 0.140. The predicted molar refractivity (Wildman–Crippen MR) is 124 cm³/mol. The van der Waals surface area contributed by atoms with Crippen LogP contribution in [0.4, 0.5) is 0 Å². The van der Waals surface area contributed by atoms with Gasteiger partial charge < -0.3 is 0 Å². The molecule has 0 amide bonds. The first-order valence-electron chi connectivity index (χ1n) is 9.98. The Labute approximate surface area is 184 Å². The van der Waals surface area contributed by atoms with Crippen LogP contribution >= 0.6 is 11.3 Å². The van der Waals surface area contributed by atoms with Crippen LogP contribution in [0.2, 0.25) is 0 Å². The molecule has 0 fully saturated rings. The SMILES string of the molecule is Cn1c(=O)c2ccccc2n2c(Cn3cnc4sc(-c5ccccc5)cc4c3=O)nnc12. The topological polar surface area (TPSA) is 87.1 Å². The van der Waals surface area contributed by atoms with E-state index in [1.54, 1.807) is 19.4 Å². The molecule has 0 aliphatic heterocycles. The maximum absolute atomic E-state index is 13.2. The molecule has 156 valence electrons. The van der Waals surface area contributed by atoms with E-state index in [1.807, 2.05) is 59.0 Å². The molecule has 0 radical (unpaired) electrons. The van der Waals surface area contributed by atoms with Gasteiger partial charge in [-0.3, -0.25) is 23.1 Å². The van der Waals surface area contributed by atoms with Gasteiger partial charge in [-0.15, -0.1) is 21.5 Å². The Morgan fingerprint density at radius 1 is 0.906 bits per heavy atom. The molecular weight excluding hydrogens is 424 g/mol. The molecule has 0 N–H and O–H groups in total. The van der Waals surface area contributed by atoms with Crippen LogP contribution < -0.4 is 11.1 Å². The summed E-state index contributed by atoms with van der Waals surface area (Å²) >= 11 is 1.49. The molecular formula is C23H16N6O2S. The minimum Gasteiger partial charge on any atom is -0.291 e. The van der Waals surface area contributed by atoms with Crippen molar-refractivity contribution < 1.29 is 0 Å². The molecule has 0 saturated carbocycles. The van der Waals surface area contributed by atoms with Gasteiger partial charge in [0.1, 0.15) is 4.83 Å². The second kappa shape index (κ2) is 6.96. The number of aryl methyl sites for hydroxylation is 1. The number of hydrogen-bond acceptors (Lipinski definition) is 6. The first-order chi connectivity index (χ1) is 15.6. The number of benzene rings is 2. The van der Waals surface area contributed by atoms with Gasteiger partial charge in [-0.2, -0.15) is 0 Å². The maximum atomic E-state index is 13.2.